The first-order valence-electron chi connectivity index (χ1n) is 9.78. The molecule has 0 bridgehead atoms. The van der Waals surface area contributed by atoms with Crippen LogP contribution in [0, 0.1) is 0 Å². The Balaban J connectivity index is 2.13. The fourth-order valence-electron chi connectivity index (χ4n) is 3.11. The van der Waals surface area contributed by atoms with Crippen molar-refractivity contribution in [2.75, 3.05) is 20.3 Å². The van der Waals surface area contributed by atoms with Crippen molar-refractivity contribution in [2.24, 2.45) is 0 Å². The molecule has 8 nitrogen and oxygen atoms in total. The number of ether oxygens (including phenoxy) is 1. The van der Waals surface area contributed by atoms with Gasteiger partial charge in [-0.25, -0.2) is 9.36 Å². The fourth-order valence-corrected chi connectivity index (χ4v) is 3.23. The van der Waals surface area contributed by atoms with E-state index in [2.05, 4.69) is 10.4 Å². The lowest BCUT2D eigenvalue weighted by atomic mass is 10.1. The number of amides is 1. The highest BCUT2D eigenvalue weighted by Gasteiger charge is 2.23. The Hall–Kier alpha value is -3.23. The van der Waals surface area contributed by atoms with Crippen molar-refractivity contribution < 1.29 is 9.53 Å². The number of halogens is 1. The van der Waals surface area contributed by atoms with Gasteiger partial charge in [0, 0.05) is 25.3 Å². The molecule has 9 heteroatoms. The summed E-state index contributed by atoms with van der Waals surface area (Å²) in [4.78, 5) is 39.1. The molecule has 0 fully saturated rings. The maximum absolute atomic E-state index is 13.2. The van der Waals surface area contributed by atoms with Gasteiger partial charge < -0.3 is 10.1 Å². The predicted molar refractivity (Wildman–Crippen MR) is 118 cm³/mol. The second-order valence-corrected chi connectivity index (χ2v) is 7.32. The van der Waals surface area contributed by atoms with Crippen LogP contribution in [0.5, 0.6) is 0 Å². The molecular weight excluding hydrogens is 420 g/mol. The molecule has 3 rings (SSSR count). The minimum atomic E-state index is -0.754. The summed E-state index contributed by atoms with van der Waals surface area (Å²) >= 11 is 5.95. The molecule has 0 radical (unpaired) electrons. The first kappa shape index (κ1) is 22.5. The van der Waals surface area contributed by atoms with E-state index in [-0.39, 0.29) is 5.69 Å². The van der Waals surface area contributed by atoms with Crippen LogP contribution in [0.25, 0.3) is 5.69 Å². The first-order valence-corrected chi connectivity index (χ1v) is 10.2. The number of hydrogen-bond acceptors (Lipinski definition) is 5. The molecule has 0 aliphatic carbocycles. The maximum atomic E-state index is 13.2. The van der Waals surface area contributed by atoms with E-state index in [0.717, 1.165) is 14.8 Å². The number of carbonyl (C=O) groups excluding carboxylic acids is 1. The standard InChI is InChI=1S/C22H23ClN4O4/c1-15(16-7-4-3-5-8-16)26-21(29)19(20(28)24-13-6-14-31-2)25-27(22(26)30)18-11-9-17(23)10-12-18/h3-5,7-12,15H,6,13-14H2,1-2H3,(H,24,28)/t15-/m0/s1. The highest BCUT2D eigenvalue weighted by atomic mass is 35.5. The Morgan fingerprint density at radius 3 is 2.45 bits per heavy atom. The van der Waals surface area contributed by atoms with Crippen molar-refractivity contribution in [1.29, 1.82) is 0 Å². The zero-order valence-corrected chi connectivity index (χ0v) is 18.0. The Morgan fingerprint density at radius 1 is 1.13 bits per heavy atom. The van der Waals surface area contributed by atoms with Gasteiger partial charge in [-0.1, -0.05) is 41.9 Å². The minimum Gasteiger partial charge on any atom is -0.385 e. The number of nitrogens with one attached hydrogen (secondary N) is 1. The summed E-state index contributed by atoms with van der Waals surface area (Å²) in [6, 6.07) is 14.9. The van der Waals surface area contributed by atoms with Crippen molar-refractivity contribution in [1.82, 2.24) is 19.7 Å². The molecule has 1 aromatic heterocycles. The average molecular weight is 443 g/mol. The summed E-state index contributed by atoms with van der Waals surface area (Å²) in [6.07, 6.45) is 0.577. The topological polar surface area (TPSA) is 95.2 Å². The number of aromatic nitrogens is 3. The molecule has 1 atom stereocenters. The summed E-state index contributed by atoms with van der Waals surface area (Å²) < 4.78 is 7.05. The van der Waals surface area contributed by atoms with Gasteiger partial charge in [-0.05, 0) is 43.2 Å². The second kappa shape index (κ2) is 10.2. The molecule has 2 aromatic carbocycles. The van der Waals surface area contributed by atoms with Crippen LogP contribution in [-0.4, -0.2) is 40.5 Å². The van der Waals surface area contributed by atoms with Crippen molar-refractivity contribution >= 4 is 17.5 Å². The molecule has 1 N–H and O–H groups in total. The molecule has 0 saturated carbocycles. The van der Waals surface area contributed by atoms with Crippen LogP contribution in [0.1, 0.15) is 35.4 Å². The van der Waals surface area contributed by atoms with Gasteiger partial charge in [-0.2, -0.15) is 9.78 Å². The molecule has 1 amide bonds. The van der Waals surface area contributed by atoms with Crippen LogP contribution < -0.4 is 16.6 Å². The molecule has 0 spiro atoms. The molecule has 31 heavy (non-hydrogen) atoms. The zero-order chi connectivity index (χ0) is 22.4. The average Bonchev–Trinajstić information content (AvgIpc) is 2.78. The van der Waals surface area contributed by atoms with E-state index >= 15 is 0 Å². The van der Waals surface area contributed by atoms with E-state index in [1.54, 1.807) is 38.3 Å². The number of benzene rings is 2. The minimum absolute atomic E-state index is 0.308. The van der Waals surface area contributed by atoms with E-state index in [1.165, 1.54) is 0 Å². The van der Waals surface area contributed by atoms with Crippen molar-refractivity contribution in [3.05, 3.63) is 91.7 Å². The van der Waals surface area contributed by atoms with Crippen LogP contribution in [0.4, 0.5) is 0 Å². The lowest BCUT2D eigenvalue weighted by molar-refractivity contribution is 0.0938. The van der Waals surface area contributed by atoms with Gasteiger partial charge in [0.1, 0.15) is 0 Å². The van der Waals surface area contributed by atoms with Crippen LogP contribution in [-0.2, 0) is 4.74 Å². The van der Waals surface area contributed by atoms with Crippen molar-refractivity contribution in [3.63, 3.8) is 0 Å². The third-order valence-corrected chi connectivity index (χ3v) is 5.03. The van der Waals surface area contributed by atoms with Gasteiger partial charge in [0.25, 0.3) is 11.5 Å². The zero-order valence-electron chi connectivity index (χ0n) is 17.2. The normalized spacial score (nSPS) is 11.8. The van der Waals surface area contributed by atoms with Crippen LogP contribution in [0.3, 0.4) is 0 Å². The molecule has 0 aliphatic heterocycles. The van der Waals surface area contributed by atoms with Gasteiger partial charge in [-0.15, -0.1) is 0 Å². The third-order valence-electron chi connectivity index (χ3n) is 4.77. The lowest BCUT2D eigenvalue weighted by Gasteiger charge is -2.17. The molecule has 0 saturated heterocycles. The highest BCUT2D eigenvalue weighted by Crippen LogP contribution is 2.15. The predicted octanol–water partition coefficient (Wildman–Crippen LogP) is 2.42. The molecule has 0 aliphatic rings. The second-order valence-electron chi connectivity index (χ2n) is 6.88. The number of carbonyl (C=O) groups is 1. The van der Waals surface area contributed by atoms with Crippen molar-refractivity contribution in [3.8, 4) is 5.69 Å². The number of methoxy groups -OCH3 is 1. The van der Waals surface area contributed by atoms with Gasteiger partial charge in [0.05, 0.1) is 11.7 Å². The SMILES string of the molecule is COCCCNC(=O)c1nn(-c2ccc(Cl)cc2)c(=O)n([C@@H](C)c2ccccc2)c1=O. The number of hydrogen-bond donors (Lipinski definition) is 1. The molecular formula is C22H23ClN4O4. The largest absolute Gasteiger partial charge is 0.385 e. The van der Waals surface area contributed by atoms with Gasteiger partial charge in [-0.3, -0.25) is 9.59 Å². The van der Waals surface area contributed by atoms with Crippen molar-refractivity contribution in [2.45, 2.75) is 19.4 Å². The maximum Gasteiger partial charge on any atom is 0.352 e. The van der Waals surface area contributed by atoms with Crippen LogP contribution in [0.15, 0.2) is 64.2 Å². The Labute approximate surface area is 184 Å². The lowest BCUT2D eigenvalue weighted by Crippen LogP contribution is -2.47. The Morgan fingerprint density at radius 2 is 1.81 bits per heavy atom. The third kappa shape index (κ3) is 5.10. The van der Waals surface area contributed by atoms with E-state index in [0.29, 0.717) is 30.3 Å². The Kier molecular flexibility index (Phi) is 7.38. The highest BCUT2D eigenvalue weighted by molar-refractivity contribution is 6.30. The smallest absolute Gasteiger partial charge is 0.352 e. The monoisotopic (exact) mass is 442 g/mol. The summed E-state index contributed by atoms with van der Waals surface area (Å²) in [5, 5.41) is 7.23. The van der Waals surface area contributed by atoms with Crippen LogP contribution in [0.2, 0.25) is 5.02 Å². The summed E-state index contributed by atoms with van der Waals surface area (Å²) in [5.74, 6) is -0.655. The van der Waals surface area contributed by atoms with E-state index in [9.17, 15) is 14.4 Å². The number of nitrogens with zero attached hydrogens (tertiary/aromatic N) is 3. The van der Waals surface area contributed by atoms with E-state index < -0.39 is 23.2 Å². The molecule has 0 unspecified atom stereocenters. The summed E-state index contributed by atoms with van der Waals surface area (Å²) in [6.45, 7) is 2.50. The summed E-state index contributed by atoms with van der Waals surface area (Å²) in [5.41, 5.74) is -0.635. The van der Waals surface area contributed by atoms with E-state index in [4.69, 9.17) is 16.3 Å². The molecule has 1 heterocycles. The molecule has 162 valence electrons. The van der Waals surface area contributed by atoms with Gasteiger partial charge >= 0.3 is 5.69 Å². The first-order chi connectivity index (χ1) is 14.9. The summed E-state index contributed by atoms with van der Waals surface area (Å²) in [7, 11) is 1.56. The Bertz CT molecular complexity index is 1160. The quantitative estimate of drug-likeness (QED) is 0.540. The van der Waals surface area contributed by atoms with Gasteiger partial charge in [0.2, 0.25) is 5.69 Å². The molecule has 3 aromatic rings. The fraction of sp³-hybridized carbons (Fsp3) is 0.273. The number of rotatable bonds is 8. The van der Waals surface area contributed by atoms with Gasteiger partial charge in [0.15, 0.2) is 0 Å². The van der Waals surface area contributed by atoms with Crippen LogP contribution >= 0.6 is 11.6 Å². The van der Waals surface area contributed by atoms with E-state index in [1.807, 2.05) is 30.3 Å².